The zero-order valence-electron chi connectivity index (χ0n) is 16.2. The average molecular weight is 424 g/mol. The summed E-state index contributed by atoms with van der Waals surface area (Å²) in [6.45, 7) is 0.0388. The van der Waals surface area contributed by atoms with Gasteiger partial charge in [-0.25, -0.2) is 4.79 Å². The Balaban J connectivity index is 1.34. The summed E-state index contributed by atoms with van der Waals surface area (Å²) < 4.78 is 5.43. The van der Waals surface area contributed by atoms with Gasteiger partial charge >= 0.3 is 6.09 Å². The number of fused-ring (bicyclic) bond motifs is 3. The molecule has 0 saturated carbocycles. The number of alkyl carbamates (subject to hydrolysis) is 1. The Morgan fingerprint density at radius 3 is 2.23 bits per heavy atom. The third-order valence-electron chi connectivity index (χ3n) is 5.35. The van der Waals surface area contributed by atoms with Crippen LogP contribution < -0.4 is 5.32 Å². The number of aliphatic hydroxyl groups excluding tert-OH is 2. The van der Waals surface area contributed by atoms with Gasteiger partial charge in [-0.15, -0.1) is 0 Å². The van der Waals surface area contributed by atoms with E-state index in [2.05, 4.69) is 17.4 Å². The fourth-order valence-electron chi connectivity index (χ4n) is 3.86. The molecule has 0 aliphatic heterocycles. The maximum atomic E-state index is 12.2. The topological polar surface area (TPSA) is 78.8 Å². The first kappa shape index (κ1) is 20.4. The highest BCUT2D eigenvalue weighted by molar-refractivity contribution is 6.30. The molecular weight excluding hydrogens is 402 g/mol. The van der Waals surface area contributed by atoms with Gasteiger partial charge in [0.1, 0.15) is 18.8 Å². The van der Waals surface area contributed by atoms with Crippen LogP contribution in [0.15, 0.2) is 72.8 Å². The Kier molecular flexibility index (Phi) is 6.04. The highest BCUT2D eigenvalue weighted by atomic mass is 35.5. The lowest BCUT2D eigenvalue weighted by Crippen LogP contribution is -2.36. The molecule has 0 fully saturated rings. The van der Waals surface area contributed by atoms with E-state index in [1.54, 1.807) is 24.3 Å². The second-order valence-corrected chi connectivity index (χ2v) is 7.71. The van der Waals surface area contributed by atoms with Crippen molar-refractivity contribution in [2.45, 2.75) is 18.1 Å². The minimum atomic E-state index is -1.19. The van der Waals surface area contributed by atoms with Crippen LogP contribution in [0, 0.1) is 0 Å². The maximum absolute atomic E-state index is 12.2. The smallest absolute Gasteiger partial charge is 0.407 e. The van der Waals surface area contributed by atoms with E-state index >= 15 is 0 Å². The fourth-order valence-corrected chi connectivity index (χ4v) is 4.06. The molecular formula is C24H22ClNO4. The number of rotatable bonds is 6. The molecule has 0 bridgehead atoms. The molecule has 6 heteroatoms. The lowest BCUT2D eigenvalue weighted by Gasteiger charge is -2.19. The quantitative estimate of drug-likeness (QED) is 0.553. The van der Waals surface area contributed by atoms with Crippen molar-refractivity contribution < 1.29 is 19.7 Å². The van der Waals surface area contributed by atoms with Crippen molar-refractivity contribution in [3.8, 4) is 11.1 Å². The van der Waals surface area contributed by atoms with E-state index in [0.717, 1.165) is 22.3 Å². The summed E-state index contributed by atoms with van der Waals surface area (Å²) in [7, 11) is 0. The van der Waals surface area contributed by atoms with Gasteiger partial charge in [0, 0.05) is 17.5 Å². The van der Waals surface area contributed by atoms with Crippen LogP contribution in [0.1, 0.15) is 28.7 Å². The molecule has 1 aliphatic rings. The summed E-state index contributed by atoms with van der Waals surface area (Å²) in [5.41, 5.74) is 5.04. The normalized spacial score (nSPS) is 14.5. The minimum Gasteiger partial charge on any atom is -0.449 e. The van der Waals surface area contributed by atoms with E-state index in [9.17, 15) is 15.0 Å². The van der Waals surface area contributed by atoms with Crippen LogP contribution in [-0.2, 0) is 4.74 Å². The number of ether oxygens (including phenoxy) is 1. The van der Waals surface area contributed by atoms with E-state index in [1.165, 1.54) is 0 Å². The molecule has 4 rings (SSSR count). The van der Waals surface area contributed by atoms with Gasteiger partial charge in [0.05, 0.1) is 0 Å². The molecule has 0 heterocycles. The van der Waals surface area contributed by atoms with Crippen LogP contribution in [0.25, 0.3) is 11.1 Å². The van der Waals surface area contributed by atoms with Crippen LogP contribution in [-0.4, -0.2) is 35.6 Å². The van der Waals surface area contributed by atoms with Crippen LogP contribution in [0.5, 0.6) is 0 Å². The molecule has 0 saturated heterocycles. The van der Waals surface area contributed by atoms with E-state index in [1.807, 2.05) is 36.4 Å². The third kappa shape index (κ3) is 4.19. The molecule has 3 aromatic rings. The Morgan fingerprint density at radius 1 is 0.967 bits per heavy atom. The van der Waals surface area contributed by atoms with Gasteiger partial charge in [0.15, 0.2) is 0 Å². The van der Waals surface area contributed by atoms with Crippen molar-refractivity contribution in [3.63, 3.8) is 0 Å². The number of halogens is 1. The van der Waals surface area contributed by atoms with Gasteiger partial charge in [0.25, 0.3) is 0 Å². The highest BCUT2D eigenvalue weighted by Crippen LogP contribution is 2.44. The zero-order chi connectivity index (χ0) is 21.1. The Morgan fingerprint density at radius 2 is 1.60 bits per heavy atom. The molecule has 3 N–H and O–H groups in total. The van der Waals surface area contributed by atoms with Gasteiger partial charge in [-0.3, -0.25) is 0 Å². The van der Waals surface area contributed by atoms with E-state index < -0.39 is 18.3 Å². The van der Waals surface area contributed by atoms with E-state index in [4.69, 9.17) is 16.3 Å². The Bertz CT molecular complexity index is 1010. The summed E-state index contributed by atoms with van der Waals surface area (Å²) in [4.78, 5) is 12.2. The number of nitrogens with one attached hydrogen (secondary N) is 1. The van der Waals surface area contributed by atoms with Crippen LogP contribution in [0.2, 0.25) is 5.02 Å². The minimum absolute atomic E-state index is 0.0369. The average Bonchev–Trinajstić information content (AvgIpc) is 3.09. The first-order valence-electron chi connectivity index (χ1n) is 9.75. The van der Waals surface area contributed by atoms with Gasteiger partial charge in [-0.2, -0.15) is 0 Å². The number of hydrogen-bond donors (Lipinski definition) is 3. The van der Waals surface area contributed by atoms with Crippen LogP contribution in [0.4, 0.5) is 4.79 Å². The molecule has 5 nitrogen and oxygen atoms in total. The molecule has 30 heavy (non-hydrogen) atoms. The van der Waals surface area contributed by atoms with Crippen molar-refractivity contribution in [2.75, 3.05) is 13.2 Å². The number of hydrogen-bond acceptors (Lipinski definition) is 4. The second-order valence-electron chi connectivity index (χ2n) is 7.27. The summed E-state index contributed by atoms with van der Waals surface area (Å²) >= 11 is 5.91. The number of benzene rings is 3. The van der Waals surface area contributed by atoms with Crippen molar-refractivity contribution in [1.29, 1.82) is 0 Å². The predicted molar refractivity (Wildman–Crippen MR) is 115 cm³/mol. The van der Waals surface area contributed by atoms with E-state index in [0.29, 0.717) is 10.6 Å². The van der Waals surface area contributed by atoms with Crippen molar-refractivity contribution in [1.82, 2.24) is 5.32 Å². The summed E-state index contributed by atoms with van der Waals surface area (Å²) in [5, 5.41) is 23.4. The molecule has 0 radical (unpaired) electrons. The number of carbonyl (C=O) groups excluding carboxylic acids is 1. The van der Waals surface area contributed by atoms with Crippen LogP contribution >= 0.6 is 11.6 Å². The van der Waals surface area contributed by atoms with Gasteiger partial charge in [-0.1, -0.05) is 72.3 Å². The summed E-state index contributed by atoms with van der Waals surface area (Å²) in [5.74, 6) is -0.0369. The third-order valence-corrected chi connectivity index (χ3v) is 5.59. The summed E-state index contributed by atoms with van der Waals surface area (Å²) in [6, 6.07) is 22.8. The highest BCUT2D eigenvalue weighted by Gasteiger charge is 2.29. The molecule has 1 amide bonds. The monoisotopic (exact) mass is 423 g/mol. The zero-order valence-corrected chi connectivity index (χ0v) is 16.9. The lowest BCUT2D eigenvalue weighted by molar-refractivity contribution is 0.0185. The van der Waals surface area contributed by atoms with E-state index in [-0.39, 0.29) is 19.1 Å². The lowest BCUT2D eigenvalue weighted by atomic mass is 9.98. The predicted octanol–water partition coefficient (Wildman–Crippen LogP) is 4.27. The number of aliphatic hydroxyl groups is 2. The van der Waals surface area contributed by atoms with Crippen LogP contribution in [0.3, 0.4) is 0 Å². The second kappa shape index (κ2) is 8.88. The molecule has 2 unspecified atom stereocenters. The number of carbonyl (C=O) groups is 1. The van der Waals surface area contributed by atoms with Gasteiger partial charge < -0.3 is 20.3 Å². The van der Waals surface area contributed by atoms with Crippen molar-refractivity contribution in [3.05, 3.63) is 94.5 Å². The van der Waals surface area contributed by atoms with Gasteiger partial charge in [-0.05, 0) is 39.9 Å². The standard InChI is InChI=1S/C24H22ClNO4/c25-16-7-5-6-15(12-16)23(28)22(27)13-26-24(29)30-14-21-19-10-3-1-8-17(19)18-9-2-4-11-20(18)21/h1-12,21-23,27-28H,13-14H2,(H,26,29). The first-order chi connectivity index (χ1) is 14.5. The molecule has 154 valence electrons. The number of amides is 1. The fraction of sp³-hybridized carbons (Fsp3) is 0.208. The molecule has 1 aliphatic carbocycles. The van der Waals surface area contributed by atoms with Gasteiger partial charge in [0.2, 0.25) is 0 Å². The Labute approximate surface area is 179 Å². The maximum Gasteiger partial charge on any atom is 0.407 e. The molecule has 3 aromatic carbocycles. The molecule has 0 spiro atoms. The first-order valence-corrected chi connectivity index (χ1v) is 10.1. The van der Waals surface area contributed by atoms with Crippen molar-refractivity contribution >= 4 is 17.7 Å². The largest absolute Gasteiger partial charge is 0.449 e. The molecule has 2 atom stereocenters. The summed E-state index contributed by atoms with van der Waals surface area (Å²) in [6.07, 6.45) is -3.00. The molecule has 0 aromatic heterocycles. The van der Waals surface area contributed by atoms with Crippen molar-refractivity contribution in [2.24, 2.45) is 0 Å². The SMILES string of the molecule is O=C(NCC(O)C(O)c1cccc(Cl)c1)OCC1c2ccccc2-c2ccccc21. The Hall–Kier alpha value is -2.86.